The van der Waals surface area contributed by atoms with Crippen LogP contribution in [-0.4, -0.2) is 18.7 Å². The van der Waals surface area contributed by atoms with Gasteiger partial charge in [-0.1, -0.05) is 30.1 Å². The smallest absolute Gasteiger partial charge is 0.252 e. The van der Waals surface area contributed by atoms with Crippen LogP contribution in [0.2, 0.25) is 10.0 Å². The van der Waals surface area contributed by atoms with Crippen molar-refractivity contribution in [1.82, 2.24) is 5.32 Å². The van der Waals surface area contributed by atoms with Crippen LogP contribution in [0.25, 0.3) is 0 Å². The molecule has 0 saturated heterocycles. The molecule has 0 atom stereocenters. The SMILES string of the molecule is CCSc1c(C(=O)NC)ccc(Cl)c1Cl. The molecule has 0 radical (unpaired) electrons. The lowest BCUT2D eigenvalue weighted by Crippen LogP contribution is -2.18. The van der Waals surface area contributed by atoms with Crippen molar-refractivity contribution < 1.29 is 4.79 Å². The Morgan fingerprint density at radius 2 is 2.13 bits per heavy atom. The van der Waals surface area contributed by atoms with Crippen molar-refractivity contribution in [2.45, 2.75) is 11.8 Å². The first-order valence-electron chi connectivity index (χ1n) is 4.44. The van der Waals surface area contributed by atoms with Gasteiger partial charge in [-0.3, -0.25) is 4.79 Å². The standard InChI is InChI=1S/C10H11Cl2NOS/c1-3-15-9-6(10(14)13-2)4-5-7(11)8(9)12/h4-5H,3H2,1-2H3,(H,13,14). The number of hydrogen-bond donors (Lipinski definition) is 1. The third-order valence-corrected chi connectivity index (χ3v) is 3.73. The van der Waals surface area contributed by atoms with E-state index in [1.807, 2.05) is 6.92 Å². The Balaban J connectivity index is 3.26. The molecule has 5 heteroatoms. The highest BCUT2D eigenvalue weighted by atomic mass is 35.5. The van der Waals surface area contributed by atoms with E-state index in [4.69, 9.17) is 23.2 Å². The first-order valence-corrected chi connectivity index (χ1v) is 6.18. The molecule has 82 valence electrons. The fraction of sp³-hybridized carbons (Fsp3) is 0.300. The van der Waals surface area contributed by atoms with E-state index in [0.29, 0.717) is 15.6 Å². The first kappa shape index (κ1) is 12.7. The largest absolute Gasteiger partial charge is 0.355 e. The number of amides is 1. The summed E-state index contributed by atoms with van der Waals surface area (Å²) in [5.74, 6) is 0.689. The van der Waals surface area contributed by atoms with E-state index in [-0.39, 0.29) is 5.91 Å². The lowest BCUT2D eigenvalue weighted by Gasteiger charge is -2.10. The van der Waals surface area contributed by atoms with Crippen molar-refractivity contribution in [2.24, 2.45) is 0 Å². The minimum atomic E-state index is -0.149. The lowest BCUT2D eigenvalue weighted by atomic mass is 10.2. The van der Waals surface area contributed by atoms with E-state index in [1.165, 1.54) is 11.8 Å². The van der Waals surface area contributed by atoms with Crippen LogP contribution in [0.5, 0.6) is 0 Å². The third-order valence-electron chi connectivity index (χ3n) is 1.81. The van der Waals surface area contributed by atoms with Crippen LogP contribution < -0.4 is 5.32 Å². The molecule has 1 amide bonds. The Labute approximate surface area is 103 Å². The molecule has 0 aliphatic rings. The first-order chi connectivity index (χ1) is 7.11. The lowest BCUT2D eigenvalue weighted by molar-refractivity contribution is 0.0960. The van der Waals surface area contributed by atoms with Gasteiger partial charge in [-0.15, -0.1) is 11.8 Å². The zero-order valence-corrected chi connectivity index (χ0v) is 10.8. The quantitative estimate of drug-likeness (QED) is 0.847. The molecule has 1 aromatic carbocycles. The predicted molar refractivity (Wildman–Crippen MR) is 66.3 cm³/mol. The summed E-state index contributed by atoms with van der Waals surface area (Å²) in [4.78, 5) is 12.3. The van der Waals surface area contributed by atoms with E-state index >= 15 is 0 Å². The monoisotopic (exact) mass is 263 g/mol. The molecule has 0 aliphatic carbocycles. The number of nitrogens with one attached hydrogen (secondary N) is 1. The summed E-state index contributed by atoms with van der Waals surface area (Å²) in [6.45, 7) is 2.00. The molecule has 0 fully saturated rings. The Morgan fingerprint density at radius 3 is 2.67 bits per heavy atom. The van der Waals surface area contributed by atoms with Gasteiger partial charge in [-0.05, 0) is 17.9 Å². The molecule has 0 aliphatic heterocycles. The number of rotatable bonds is 3. The Morgan fingerprint density at radius 1 is 1.47 bits per heavy atom. The molecule has 0 aromatic heterocycles. The van der Waals surface area contributed by atoms with Crippen LogP contribution in [0.3, 0.4) is 0 Å². The van der Waals surface area contributed by atoms with Crippen LogP contribution in [-0.2, 0) is 0 Å². The second kappa shape index (κ2) is 5.64. The van der Waals surface area contributed by atoms with Crippen molar-refractivity contribution in [2.75, 3.05) is 12.8 Å². The molecule has 0 saturated carbocycles. The summed E-state index contributed by atoms with van der Waals surface area (Å²) < 4.78 is 0. The summed E-state index contributed by atoms with van der Waals surface area (Å²) in [6.07, 6.45) is 0. The van der Waals surface area contributed by atoms with Crippen LogP contribution in [0.4, 0.5) is 0 Å². The molecule has 1 rings (SSSR count). The number of halogens is 2. The average Bonchev–Trinajstić information content (AvgIpc) is 2.24. The van der Waals surface area contributed by atoms with E-state index < -0.39 is 0 Å². The highest BCUT2D eigenvalue weighted by molar-refractivity contribution is 7.99. The molecule has 0 bridgehead atoms. The number of thioether (sulfide) groups is 1. The van der Waals surface area contributed by atoms with E-state index in [2.05, 4.69) is 5.32 Å². The highest BCUT2D eigenvalue weighted by Crippen LogP contribution is 2.35. The summed E-state index contributed by atoms with van der Waals surface area (Å²) in [6, 6.07) is 3.32. The van der Waals surface area contributed by atoms with Gasteiger partial charge in [0.2, 0.25) is 0 Å². The van der Waals surface area contributed by atoms with Crippen LogP contribution in [0, 0.1) is 0 Å². The van der Waals surface area contributed by atoms with Gasteiger partial charge in [0.1, 0.15) is 0 Å². The maximum absolute atomic E-state index is 11.5. The van der Waals surface area contributed by atoms with Crippen molar-refractivity contribution >= 4 is 40.9 Å². The van der Waals surface area contributed by atoms with Gasteiger partial charge in [0.25, 0.3) is 5.91 Å². The summed E-state index contributed by atoms with van der Waals surface area (Å²) >= 11 is 13.4. The Hall–Kier alpha value is -0.380. The Kier molecular flexibility index (Phi) is 4.77. The molecule has 15 heavy (non-hydrogen) atoms. The molecular formula is C10H11Cl2NOS. The number of benzene rings is 1. The van der Waals surface area contributed by atoms with Gasteiger partial charge in [0, 0.05) is 11.9 Å². The van der Waals surface area contributed by atoms with Gasteiger partial charge >= 0.3 is 0 Å². The number of hydrogen-bond acceptors (Lipinski definition) is 2. The molecule has 2 nitrogen and oxygen atoms in total. The molecule has 0 spiro atoms. The van der Waals surface area contributed by atoms with Crippen LogP contribution in [0.1, 0.15) is 17.3 Å². The van der Waals surface area contributed by atoms with Gasteiger partial charge in [-0.2, -0.15) is 0 Å². The minimum Gasteiger partial charge on any atom is -0.355 e. The molecule has 1 N–H and O–H groups in total. The fourth-order valence-corrected chi connectivity index (χ4v) is 2.51. The number of carbonyl (C=O) groups excluding carboxylic acids is 1. The minimum absolute atomic E-state index is 0.149. The second-order valence-electron chi connectivity index (χ2n) is 2.75. The van der Waals surface area contributed by atoms with Gasteiger partial charge in [-0.25, -0.2) is 0 Å². The molecule has 0 heterocycles. The van der Waals surface area contributed by atoms with E-state index in [1.54, 1.807) is 19.2 Å². The molecular weight excluding hydrogens is 253 g/mol. The third kappa shape index (κ3) is 2.80. The van der Waals surface area contributed by atoms with E-state index in [0.717, 1.165) is 10.6 Å². The maximum atomic E-state index is 11.5. The average molecular weight is 264 g/mol. The van der Waals surface area contributed by atoms with Crippen molar-refractivity contribution in [3.05, 3.63) is 27.7 Å². The highest BCUT2D eigenvalue weighted by Gasteiger charge is 2.15. The summed E-state index contributed by atoms with van der Waals surface area (Å²) in [7, 11) is 1.59. The number of carbonyl (C=O) groups is 1. The molecule has 0 unspecified atom stereocenters. The fourth-order valence-electron chi connectivity index (χ4n) is 1.13. The van der Waals surface area contributed by atoms with E-state index in [9.17, 15) is 4.79 Å². The normalized spacial score (nSPS) is 10.1. The summed E-state index contributed by atoms with van der Waals surface area (Å²) in [5.41, 5.74) is 0.568. The van der Waals surface area contributed by atoms with Crippen molar-refractivity contribution in [3.8, 4) is 0 Å². The summed E-state index contributed by atoms with van der Waals surface area (Å²) in [5, 5.41) is 3.49. The van der Waals surface area contributed by atoms with Gasteiger partial charge in [0.15, 0.2) is 0 Å². The Bertz CT molecular complexity index is 382. The van der Waals surface area contributed by atoms with Gasteiger partial charge < -0.3 is 5.32 Å². The second-order valence-corrected chi connectivity index (χ2v) is 4.81. The topological polar surface area (TPSA) is 29.1 Å². The van der Waals surface area contributed by atoms with Crippen molar-refractivity contribution in [3.63, 3.8) is 0 Å². The zero-order chi connectivity index (χ0) is 11.4. The van der Waals surface area contributed by atoms with Crippen LogP contribution >= 0.6 is 35.0 Å². The maximum Gasteiger partial charge on any atom is 0.252 e. The van der Waals surface area contributed by atoms with Gasteiger partial charge in [0.05, 0.1) is 15.6 Å². The zero-order valence-electron chi connectivity index (χ0n) is 8.43. The van der Waals surface area contributed by atoms with Crippen molar-refractivity contribution in [1.29, 1.82) is 0 Å². The molecule has 1 aromatic rings. The predicted octanol–water partition coefficient (Wildman–Crippen LogP) is 3.47. The van der Waals surface area contributed by atoms with Crippen LogP contribution in [0.15, 0.2) is 17.0 Å².